The normalized spacial score (nSPS) is 11.0. The van der Waals surface area contributed by atoms with Gasteiger partial charge in [0.15, 0.2) is 5.82 Å². The van der Waals surface area contributed by atoms with Gasteiger partial charge in [-0.25, -0.2) is 0 Å². The second-order valence-corrected chi connectivity index (χ2v) is 7.24. The molecule has 0 bridgehead atoms. The van der Waals surface area contributed by atoms with Crippen molar-refractivity contribution >= 4 is 27.9 Å². The molecule has 1 N–H and O–H groups in total. The molecule has 0 saturated heterocycles. The van der Waals surface area contributed by atoms with E-state index in [0.717, 1.165) is 39.0 Å². The van der Waals surface area contributed by atoms with Crippen molar-refractivity contribution in [3.05, 3.63) is 59.4 Å². The first-order chi connectivity index (χ1) is 13.6. The van der Waals surface area contributed by atoms with Crippen LogP contribution >= 0.6 is 11.3 Å². The third-order valence-electron chi connectivity index (χ3n) is 4.44. The lowest BCUT2D eigenvalue weighted by atomic mass is 10.1. The van der Waals surface area contributed by atoms with Crippen LogP contribution in [0.4, 0.5) is 5.69 Å². The van der Waals surface area contributed by atoms with Gasteiger partial charge < -0.3 is 10.1 Å². The van der Waals surface area contributed by atoms with E-state index < -0.39 is 0 Å². The number of carbonyl (C=O) groups is 1. The van der Waals surface area contributed by atoms with Gasteiger partial charge in [0, 0.05) is 23.2 Å². The smallest absolute Gasteiger partial charge is 0.255 e. The molecule has 2 heterocycles. The number of nitrogens with zero attached hydrogens (tertiary/aromatic N) is 4. The van der Waals surface area contributed by atoms with Crippen LogP contribution in [0, 0.1) is 6.92 Å². The molecular weight excluding hydrogens is 374 g/mol. The number of ether oxygens (including phenoxy) is 1. The summed E-state index contributed by atoms with van der Waals surface area (Å²) in [5, 5.41) is 16.7. The number of hydrogen-bond acceptors (Lipinski definition) is 6. The third-order valence-corrected chi connectivity index (χ3v) is 5.38. The Labute approximate surface area is 166 Å². The van der Waals surface area contributed by atoms with Crippen LogP contribution in [-0.2, 0) is 6.42 Å². The SMILES string of the molecule is CCc1nnc2sc(-c3ccc(C)c(NC(=O)c4cccc(OC)c4)c3)nn12. The third kappa shape index (κ3) is 3.34. The molecule has 0 saturated carbocycles. The van der Waals surface area contributed by atoms with E-state index in [1.807, 2.05) is 32.0 Å². The number of aromatic nitrogens is 4. The van der Waals surface area contributed by atoms with E-state index in [4.69, 9.17) is 4.74 Å². The number of nitrogens with one attached hydrogen (secondary N) is 1. The van der Waals surface area contributed by atoms with E-state index in [2.05, 4.69) is 20.6 Å². The highest BCUT2D eigenvalue weighted by Crippen LogP contribution is 2.29. The van der Waals surface area contributed by atoms with Crippen LogP contribution < -0.4 is 10.1 Å². The Morgan fingerprint density at radius 1 is 1.21 bits per heavy atom. The minimum atomic E-state index is -0.189. The summed E-state index contributed by atoms with van der Waals surface area (Å²) in [4.78, 5) is 13.4. The van der Waals surface area contributed by atoms with Crippen molar-refractivity contribution in [2.24, 2.45) is 0 Å². The van der Waals surface area contributed by atoms with Crippen molar-refractivity contribution in [3.63, 3.8) is 0 Å². The van der Waals surface area contributed by atoms with E-state index in [0.29, 0.717) is 11.3 Å². The molecule has 8 heteroatoms. The molecule has 0 aliphatic heterocycles. The maximum absolute atomic E-state index is 12.7. The van der Waals surface area contributed by atoms with Gasteiger partial charge in [0.05, 0.1) is 7.11 Å². The lowest BCUT2D eigenvalue weighted by molar-refractivity contribution is 0.102. The molecule has 0 aliphatic rings. The summed E-state index contributed by atoms with van der Waals surface area (Å²) < 4.78 is 6.97. The van der Waals surface area contributed by atoms with Crippen LogP contribution in [0.3, 0.4) is 0 Å². The van der Waals surface area contributed by atoms with Gasteiger partial charge in [0.2, 0.25) is 4.96 Å². The monoisotopic (exact) mass is 393 g/mol. The number of rotatable bonds is 5. The summed E-state index contributed by atoms with van der Waals surface area (Å²) in [6.45, 7) is 3.98. The van der Waals surface area contributed by atoms with E-state index in [1.165, 1.54) is 11.3 Å². The highest BCUT2D eigenvalue weighted by Gasteiger charge is 2.14. The zero-order valence-electron chi connectivity index (χ0n) is 15.8. The number of fused-ring (bicyclic) bond motifs is 1. The molecule has 0 aliphatic carbocycles. The molecule has 2 aromatic carbocycles. The van der Waals surface area contributed by atoms with Crippen LogP contribution in [0.2, 0.25) is 0 Å². The largest absolute Gasteiger partial charge is 0.497 e. The molecule has 1 amide bonds. The quantitative estimate of drug-likeness (QED) is 0.555. The summed E-state index contributed by atoms with van der Waals surface area (Å²) >= 11 is 1.47. The van der Waals surface area contributed by atoms with Crippen molar-refractivity contribution in [3.8, 4) is 16.3 Å². The topological polar surface area (TPSA) is 81.4 Å². The summed E-state index contributed by atoms with van der Waals surface area (Å²) in [5.74, 6) is 1.28. The minimum Gasteiger partial charge on any atom is -0.497 e. The molecule has 0 atom stereocenters. The molecule has 0 unspecified atom stereocenters. The van der Waals surface area contributed by atoms with Crippen molar-refractivity contribution in [1.82, 2.24) is 19.8 Å². The van der Waals surface area contributed by atoms with Crippen LogP contribution in [0.5, 0.6) is 5.75 Å². The predicted molar refractivity (Wildman–Crippen MR) is 109 cm³/mol. The second-order valence-electron chi connectivity index (χ2n) is 6.29. The van der Waals surface area contributed by atoms with Gasteiger partial charge in [-0.05, 0) is 36.8 Å². The maximum atomic E-state index is 12.7. The van der Waals surface area contributed by atoms with Crippen LogP contribution in [0.25, 0.3) is 15.5 Å². The van der Waals surface area contributed by atoms with Gasteiger partial charge in [-0.15, -0.1) is 10.2 Å². The first kappa shape index (κ1) is 18.1. The molecule has 4 rings (SSSR count). The maximum Gasteiger partial charge on any atom is 0.255 e. The summed E-state index contributed by atoms with van der Waals surface area (Å²) in [5.41, 5.74) is 3.17. The van der Waals surface area contributed by atoms with Gasteiger partial charge in [-0.3, -0.25) is 4.79 Å². The fourth-order valence-electron chi connectivity index (χ4n) is 2.84. The van der Waals surface area contributed by atoms with E-state index >= 15 is 0 Å². The number of methoxy groups -OCH3 is 1. The van der Waals surface area contributed by atoms with E-state index in [9.17, 15) is 4.79 Å². The molecular formula is C20H19N5O2S. The Bertz CT molecular complexity index is 1160. The van der Waals surface area contributed by atoms with Gasteiger partial charge in [-0.2, -0.15) is 9.61 Å². The summed E-state index contributed by atoms with van der Waals surface area (Å²) in [6, 6.07) is 13.0. The van der Waals surface area contributed by atoms with Gasteiger partial charge in [0.1, 0.15) is 10.8 Å². The van der Waals surface area contributed by atoms with E-state index in [1.54, 1.807) is 35.9 Å². The average Bonchev–Trinajstić information content (AvgIpc) is 3.30. The fourth-order valence-corrected chi connectivity index (χ4v) is 3.70. The molecule has 4 aromatic rings. The number of anilines is 1. The first-order valence-electron chi connectivity index (χ1n) is 8.86. The van der Waals surface area contributed by atoms with Gasteiger partial charge in [0.25, 0.3) is 5.91 Å². The van der Waals surface area contributed by atoms with Crippen molar-refractivity contribution in [2.75, 3.05) is 12.4 Å². The molecule has 142 valence electrons. The Morgan fingerprint density at radius 2 is 2.07 bits per heavy atom. The molecule has 2 aromatic heterocycles. The summed E-state index contributed by atoms with van der Waals surface area (Å²) in [7, 11) is 1.58. The van der Waals surface area contributed by atoms with Crippen LogP contribution in [-0.4, -0.2) is 32.8 Å². The molecule has 0 fully saturated rings. The number of benzene rings is 2. The van der Waals surface area contributed by atoms with Gasteiger partial charge >= 0.3 is 0 Å². The predicted octanol–water partition coefficient (Wildman–Crippen LogP) is 3.98. The molecule has 0 radical (unpaired) electrons. The Morgan fingerprint density at radius 3 is 2.86 bits per heavy atom. The Balaban J connectivity index is 1.64. The van der Waals surface area contributed by atoms with E-state index in [-0.39, 0.29) is 5.91 Å². The Kier molecular flexibility index (Phi) is 4.79. The zero-order valence-corrected chi connectivity index (χ0v) is 16.6. The van der Waals surface area contributed by atoms with Crippen molar-refractivity contribution < 1.29 is 9.53 Å². The second kappa shape index (κ2) is 7.40. The minimum absolute atomic E-state index is 0.189. The zero-order chi connectivity index (χ0) is 19.7. The van der Waals surface area contributed by atoms with Gasteiger partial charge in [-0.1, -0.05) is 36.5 Å². The average molecular weight is 393 g/mol. The lowest BCUT2D eigenvalue weighted by Crippen LogP contribution is -2.12. The fraction of sp³-hybridized carbons (Fsp3) is 0.200. The van der Waals surface area contributed by atoms with Crippen LogP contribution in [0.1, 0.15) is 28.7 Å². The first-order valence-corrected chi connectivity index (χ1v) is 9.68. The molecule has 0 spiro atoms. The van der Waals surface area contributed by atoms with Crippen molar-refractivity contribution in [2.45, 2.75) is 20.3 Å². The number of aryl methyl sites for hydroxylation is 2. The molecule has 7 nitrogen and oxygen atoms in total. The Hall–Kier alpha value is -3.26. The number of amides is 1. The number of hydrogen-bond donors (Lipinski definition) is 1. The standard InChI is InChI=1S/C20H19N5O2S/c1-4-17-22-23-20-25(17)24-19(28-20)14-9-8-12(2)16(11-14)21-18(26)13-6-5-7-15(10-13)27-3/h5-11H,4H2,1-3H3,(H,21,26). The highest BCUT2D eigenvalue weighted by atomic mass is 32.1. The van der Waals surface area contributed by atoms with Crippen molar-refractivity contribution in [1.29, 1.82) is 0 Å². The van der Waals surface area contributed by atoms with Crippen LogP contribution in [0.15, 0.2) is 42.5 Å². The number of carbonyl (C=O) groups excluding carboxylic acids is 1. The summed E-state index contributed by atoms with van der Waals surface area (Å²) in [6.07, 6.45) is 0.764. The lowest BCUT2D eigenvalue weighted by Gasteiger charge is -2.10. The highest BCUT2D eigenvalue weighted by molar-refractivity contribution is 7.19. The molecule has 28 heavy (non-hydrogen) atoms.